The quantitative estimate of drug-likeness (QED) is 0.883. The minimum absolute atomic E-state index is 0.0764. The van der Waals surface area contributed by atoms with Gasteiger partial charge in [0.1, 0.15) is 0 Å². The fourth-order valence-electron chi connectivity index (χ4n) is 2.31. The normalized spacial score (nSPS) is 22.3. The van der Waals surface area contributed by atoms with Crippen LogP contribution in [-0.2, 0) is 12.0 Å². The Morgan fingerprint density at radius 3 is 2.83 bits per heavy atom. The average molecular weight is 252 g/mol. The van der Waals surface area contributed by atoms with Crippen LogP contribution in [0.5, 0.6) is 0 Å². The molecule has 2 heterocycles. The van der Waals surface area contributed by atoms with E-state index in [1.807, 2.05) is 0 Å². The fraction of sp³-hybridized carbons (Fsp3) is 0.846. The molecule has 18 heavy (non-hydrogen) atoms. The predicted molar refractivity (Wildman–Crippen MR) is 70.1 cm³/mol. The molecule has 1 aliphatic heterocycles. The third kappa shape index (κ3) is 3.29. The highest BCUT2D eigenvalue weighted by Crippen LogP contribution is 2.21. The summed E-state index contributed by atoms with van der Waals surface area (Å²) in [5.41, 5.74) is 5.67. The highest BCUT2D eigenvalue weighted by Gasteiger charge is 2.24. The van der Waals surface area contributed by atoms with Gasteiger partial charge in [0.25, 0.3) is 0 Å². The van der Waals surface area contributed by atoms with Crippen molar-refractivity contribution in [1.82, 2.24) is 15.0 Å². The molecule has 2 N–H and O–H groups in total. The molecule has 1 atom stereocenters. The first kappa shape index (κ1) is 13.5. The Morgan fingerprint density at radius 1 is 1.44 bits per heavy atom. The summed E-state index contributed by atoms with van der Waals surface area (Å²) in [4.78, 5) is 6.85. The van der Waals surface area contributed by atoms with Crippen molar-refractivity contribution in [2.45, 2.75) is 45.6 Å². The summed E-state index contributed by atoms with van der Waals surface area (Å²) in [7, 11) is 0. The van der Waals surface area contributed by atoms with Crippen LogP contribution in [0.4, 0.5) is 0 Å². The van der Waals surface area contributed by atoms with Gasteiger partial charge >= 0.3 is 0 Å². The molecular formula is C13H24N4O. The average Bonchev–Trinajstić information content (AvgIpc) is 2.77. The summed E-state index contributed by atoms with van der Waals surface area (Å²) in [5, 5.41) is 4.07. The van der Waals surface area contributed by atoms with Crippen molar-refractivity contribution in [3.8, 4) is 0 Å². The molecule has 2 rings (SSSR count). The minimum Gasteiger partial charge on any atom is -0.339 e. The number of aromatic nitrogens is 2. The summed E-state index contributed by atoms with van der Waals surface area (Å²) in [6.07, 6.45) is 2.46. The molecule has 1 unspecified atom stereocenters. The van der Waals surface area contributed by atoms with E-state index in [0.717, 1.165) is 32.0 Å². The highest BCUT2D eigenvalue weighted by molar-refractivity contribution is 4.98. The number of hydrogen-bond donors (Lipinski definition) is 1. The summed E-state index contributed by atoms with van der Waals surface area (Å²) in [5.74, 6) is 2.12. The van der Waals surface area contributed by atoms with Gasteiger partial charge in [-0.05, 0) is 31.8 Å². The van der Waals surface area contributed by atoms with Gasteiger partial charge < -0.3 is 10.3 Å². The molecule has 5 heteroatoms. The van der Waals surface area contributed by atoms with Crippen molar-refractivity contribution in [3.05, 3.63) is 11.7 Å². The van der Waals surface area contributed by atoms with E-state index >= 15 is 0 Å². The molecule has 5 nitrogen and oxygen atoms in total. The summed E-state index contributed by atoms with van der Waals surface area (Å²) in [6, 6.07) is 0. The molecule has 0 radical (unpaired) electrons. The van der Waals surface area contributed by atoms with E-state index in [1.54, 1.807) is 0 Å². The maximum absolute atomic E-state index is 5.74. The summed E-state index contributed by atoms with van der Waals surface area (Å²) in [6.45, 7) is 9.94. The van der Waals surface area contributed by atoms with Crippen LogP contribution in [0.1, 0.15) is 45.3 Å². The van der Waals surface area contributed by atoms with E-state index < -0.39 is 0 Å². The fourth-order valence-corrected chi connectivity index (χ4v) is 2.31. The summed E-state index contributed by atoms with van der Waals surface area (Å²) < 4.78 is 5.31. The first-order valence-corrected chi connectivity index (χ1v) is 6.74. The second-order valence-corrected chi connectivity index (χ2v) is 6.24. The summed E-state index contributed by atoms with van der Waals surface area (Å²) >= 11 is 0. The molecule has 0 amide bonds. The van der Waals surface area contributed by atoms with E-state index in [2.05, 4.69) is 35.8 Å². The largest absolute Gasteiger partial charge is 0.339 e. The molecular weight excluding hydrogens is 228 g/mol. The topological polar surface area (TPSA) is 68.2 Å². The van der Waals surface area contributed by atoms with Gasteiger partial charge in [0.15, 0.2) is 5.82 Å². The first-order valence-electron chi connectivity index (χ1n) is 6.74. The molecule has 102 valence electrons. The number of rotatable bonds is 3. The van der Waals surface area contributed by atoms with Crippen LogP contribution < -0.4 is 5.73 Å². The van der Waals surface area contributed by atoms with Crippen LogP contribution in [0, 0.1) is 5.92 Å². The van der Waals surface area contributed by atoms with Crippen molar-refractivity contribution in [1.29, 1.82) is 0 Å². The molecule has 0 aromatic carbocycles. The van der Waals surface area contributed by atoms with Gasteiger partial charge in [-0.2, -0.15) is 4.98 Å². The second kappa shape index (κ2) is 5.36. The SMILES string of the molecule is CC(C)(C)c1nc(CN2CCCC(CN)C2)no1. The Hall–Kier alpha value is -0.940. The molecule has 1 aromatic rings. The lowest BCUT2D eigenvalue weighted by Gasteiger charge is -2.30. The number of nitrogens with two attached hydrogens (primary N) is 1. The standard InChI is InChI=1S/C13H24N4O/c1-13(2,3)12-15-11(16-18-12)9-17-6-4-5-10(7-14)8-17/h10H,4-9,14H2,1-3H3. The highest BCUT2D eigenvalue weighted by atomic mass is 16.5. The Bertz CT molecular complexity index is 383. The van der Waals surface area contributed by atoms with E-state index in [4.69, 9.17) is 10.3 Å². The third-order valence-corrected chi connectivity index (χ3v) is 3.41. The van der Waals surface area contributed by atoms with Gasteiger partial charge in [0, 0.05) is 12.0 Å². The zero-order valence-corrected chi connectivity index (χ0v) is 11.6. The molecule has 0 aliphatic carbocycles. The number of hydrogen-bond acceptors (Lipinski definition) is 5. The lowest BCUT2D eigenvalue weighted by atomic mass is 9.97. The zero-order valence-electron chi connectivity index (χ0n) is 11.6. The lowest BCUT2D eigenvalue weighted by molar-refractivity contribution is 0.166. The minimum atomic E-state index is -0.0764. The van der Waals surface area contributed by atoms with E-state index in [-0.39, 0.29) is 5.41 Å². The van der Waals surface area contributed by atoms with Crippen molar-refractivity contribution in [2.24, 2.45) is 11.7 Å². The predicted octanol–water partition coefficient (Wildman–Crippen LogP) is 1.54. The maximum atomic E-state index is 5.74. The maximum Gasteiger partial charge on any atom is 0.232 e. The lowest BCUT2D eigenvalue weighted by Crippen LogP contribution is -2.38. The van der Waals surface area contributed by atoms with E-state index in [1.165, 1.54) is 12.8 Å². The Balaban J connectivity index is 1.95. The van der Waals surface area contributed by atoms with E-state index in [0.29, 0.717) is 11.8 Å². The van der Waals surface area contributed by atoms with Crippen molar-refractivity contribution in [3.63, 3.8) is 0 Å². The Kier molecular flexibility index (Phi) is 4.02. The smallest absolute Gasteiger partial charge is 0.232 e. The van der Waals surface area contributed by atoms with Crippen molar-refractivity contribution < 1.29 is 4.52 Å². The molecule has 0 spiro atoms. The molecule has 0 bridgehead atoms. The van der Waals surface area contributed by atoms with Gasteiger partial charge in [-0.25, -0.2) is 0 Å². The van der Waals surface area contributed by atoms with Gasteiger partial charge in [-0.15, -0.1) is 0 Å². The van der Waals surface area contributed by atoms with Gasteiger partial charge in [0.05, 0.1) is 6.54 Å². The van der Waals surface area contributed by atoms with Crippen molar-refractivity contribution in [2.75, 3.05) is 19.6 Å². The Morgan fingerprint density at radius 2 is 2.22 bits per heavy atom. The molecule has 1 aromatic heterocycles. The first-order chi connectivity index (χ1) is 8.49. The second-order valence-electron chi connectivity index (χ2n) is 6.24. The van der Waals surface area contributed by atoms with Crippen LogP contribution >= 0.6 is 0 Å². The number of piperidine rings is 1. The number of likely N-dealkylation sites (tertiary alicyclic amines) is 1. The molecule has 0 saturated carbocycles. The van der Waals surface area contributed by atoms with Crippen LogP contribution in [0.3, 0.4) is 0 Å². The molecule has 1 aliphatic rings. The molecule has 1 saturated heterocycles. The van der Waals surface area contributed by atoms with Gasteiger partial charge in [0.2, 0.25) is 5.89 Å². The third-order valence-electron chi connectivity index (χ3n) is 3.41. The van der Waals surface area contributed by atoms with Crippen LogP contribution in [0.2, 0.25) is 0 Å². The van der Waals surface area contributed by atoms with E-state index in [9.17, 15) is 0 Å². The van der Waals surface area contributed by atoms with Crippen LogP contribution in [0.25, 0.3) is 0 Å². The van der Waals surface area contributed by atoms with Crippen molar-refractivity contribution >= 4 is 0 Å². The number of nitrogens with zero attached hydrogens (tertiary/aromatic N) is 3. The monoisotopic (exact) mass is 252 g/mol. The zero-order chi connectivity index (χ0) is 13.2. The van der Waals surface area contributed by atoms with Gasteiger partial charge in [-0.3, -0.25) is 4.90 Å². The molecule has 1 fully saturated rings. The van der Waals surface area contributed by atoms with Gasteiger partial charge in [-0.1, -0.05) is 25.9 Å². The van der Waals surface area contributed by atoms with Crippen LogP contribution in [0.15, 0.2) is 4.52 Å². The van der Waals surface area contributed by atoms with Crippen LogP contribution in [-0.4, -0.2) is 34.7 Å². The Labute approximate surface area is 109 Å².